The lowest BCUT2D eigenvalue weighted by atomic mass is 9.81. The normalized spacial score (nSPS) is 22.7. The molecule has 0 saturated carbocycles. The maximum Gasteiger partial charge on any atom is 0.230 e. The van der Waals surface area contributed by atoms with Crippen LogP contribution in [0.5, 0.6) is 0 Å². The van der Waals surface area contributed by atoms with Crippen LogP contribution in [0.3, 0.4) is 0 Å². The fourth-order valence-electron chi connectivity index (χ4n) is 3.03. The summed E-state index contributed by atoms with van der Waals surface area (Å²) < 4.78 is 1.77. The van der Waals surface area contributed by atoms with Gasteiger partial charge in [-0.15, -0.1) is 0 Å². The minimum absolute atomic E-state index is 0.189. The number of carbonyl (C=O) groups excluding carboxylic acids is 1. The van der Waals surface area contributed by atoms with Crippen LogP contribution in [0.4, 0.5) is 0 Å². The maximum atomic E-state index is 12.7. The van der Waals surface area contributed by atoms with E-state index in [1.807, 2.05) is 31.4 Å². The van der Waals surface area contributed by atoms with Crippen LogP contribution in [-0.2, 0) is 18.4 Å². The van der Waals surface area contributed by atoms with E-state index in [4.69, 9.17) is 0 Å². The summed E-state index contributed by atoms with van der Waals surface area (Å²) in [5.74, 6) is 0.267. The smallest absolute Gasteiger partial charge is 0.230 e. The number of rotatable bonds is 5. The molecule has 1 saturated heterocycles. The second-order valence-corrected chi connectivity index (χ2v) is 5.64. The van der Waals surface area contributed by atoms with Crippen LogP contribution in [0.25, 0.3) is 0 Å². The van der Waals surface area contributed by atoms with Gasteiger partial charge in [0.2, 0.25) is 5.91 Å². The first-order valence-corrected chi connectivity index (χ1v) is 7.01. The number of carbonyl (C=O) groups is 1. The molecule has 2 rings (SSSR count). The molecule has 19 heavy (non-hydrogen) atoms. The van der Waals surface area contributed by atoms with Crippen molar-refractivity contribution in [2.24, 2.45) is 12.5 Å². The molecule has 0 radical (unpaired) electrons. The lowest BCUT2D eigenvalue weighted by molar-refractivity contribution is -0.140. The molecule has 1 atom stereocenters. The first kappa shape index (κ1) is 14.1. The summed E-state index contributed by atoms with van der Waals surface area (Å²) in [5, 5.41) is 7.48. The minimum atomic E-state index is -0.189. The maximum absolute atomic E-state index is 12.7. The van der Waals surface area contributed by atoms with Crippen LogP contribution in [0, 0.1) is 5.41 Å². The van der Waals surface area contributed by atoms with Crippen LogP contribution in [0.2, 0.25) is 0 Å². The molecule has 1 aromatic rings. The van der Waals surface area contributed by atoms with Crippen molar-refractivity contribution >= 4 is 5.91 Å². The van der Waals surface area contributed by atoms with Gasteiger partial charge in [0, 0.05) is 38.9 Å². The Kier molecular flexibility index (Phi) is 4.24. The third kappa shape index (κ3) is 2.97. The molecule has 1 N–H and O–H groups in total. The van der Waals surface area contributed by atoms with Crippen molar-refractivity contribution < 1.29 is 4.79 Å². The van der Waals surface area contributed by atoms with E-state index in [9.17, 15) is 4.79 Å². The predicted molar refractivity (Wildman–Crippen MR) is 74.5 cm³/mol. The number of amides is 1. The topological polar surface area (TPSA) is 50.2 Å². The molecule has 0 aromatic carbocycles. The first-order chi connectivity index (χ1) is 9.07. The zero-order chi connectivity index (χ0) is 13.9. The highest BCUT2D eigenvalue weighted by molar-refractivity contribution is 5.83. The van der Waals surface area contributed by atoms with Gasteiger partial charge in [0.1, 0.15) is 0 Å². The third-order valence-electron chi connectivity index (χ3n) is 3.95. The average molecular weight is 264 g/mol. The first-order valence-electron chi connectivity index (χ1n) is 7.01. The van der Waals surface area contributed by atoms with E-state index in [1.54, 1.807) is 4.68 Å². The Morgan fingerprint density at radius 2 is 2.42 bits per heavy atom. The molecule has 5 nitrogen and oxygen atoms in total. The summed E-state index contributed by atoms with van der Waals surface area (Å²) in [6, 6.07) is 0. The van der Waals surface area contributed by atoms with Crippen LogP contribution >= 0.6 is 0 Å². The second kappa shape index (κ2) is 5.74. The Morgan fingerprint density at radius 1 is 1.63 bits per heavy atom. The van der Waals surface area contributed by atoms with E-state index in [1.165, 1.54) is 0 Å². The van der Waals surface area contributed by atoms with Crippen molar-refractivity contribution in [2.75, 3.05) is 20.1 Å². The fourth-order valence-corrected chi connectivity index (χ4v) is 3.03. The summed E-state index contributed by atoms with van der Waals surface area (Å²) in [7, 11) is 3.79. The lowest BCUT2D eigenvalue weighted by Crippen LogP contribution is -2.43. The molecule has 2 heterocycles. The third-order valence-corrected chi connectivity index (χ3v) is 3.95. The SMILES string of the molecule is CCCC1(C(=O)N(C)Cc2cnn(C)c2)CCNC1. The number of nitrogens with one attached hydrogen (secondary N) is 1. The number of hydrogen-bond donors (Lipinski definition) is 1. The highest BCUT2D eigenvalue weighted by atomic mass is 16.2. The molecule has 1 aliphatic rings. The van der Waals surface area contributed by atoms with E-state index in [0.717, 1.165) is 37.9 Å². The standard InChI is InChI=1S/C14H24N4O/c1-4-5-14(6-7-15-11-14)13(19)17(2)9-12-8-16-18(3)10-12/h8,10,15H,4-7,9,11H2,1-3H3. The lowest BCUT2D eigenvalue weighted by Gasteiger charge is -2.31. The number of aryl methyl sites for hydroxylation is 1. The van der Waals surface area contributed by atoms with Gasteiger partial charge in [-0.1, -0.05) is 13.3 Å². The van der Waals surface area contributed by atoms with Gasteiger partial charge < -0.3 is 10.2 Å². The quantitative estimate of drug-likeness (QED) is 0.868. The Bertz CT molecular complexity index is 434. The van der Waals surface area contributed by atoms with E-state index < -0.39 is 0 Å². The molecule has 1 fully saturated rings. The Hall–Kier alpha value is -1.36. The van der Waals surface area contributed by atoms with E-state index in [-0.39, 0.29) is 11.3 Å². The van der Waals surface area contributed by atoms with Crippen LogP contribution < -0.4 is 5.32 Å². The zero-order valence-electron chi connectivity index (χ0n) is 12.1. The summed E-state index contributed by atoms with van der Waals surface area (Å²) in [6.45, 7) is 4.55. The monoisotopic (exact) mass is 264 g/mol. The molecule has 0 bridgehead atoms. The zero-order valence-corrected chi connectivity index (χ0v) is 12.1. The highest BCUT2D eigenvalue weighted by Gasteiger charge is 2.41. The van der Waals surface area contributed by atoms with Gasteiger partial charge in [-0.25, -0.2) is 0 Å². The van der Waals surface area contributed by atoms with Crippen molar-refractivity contribution in [1.82, 2.24) is 20.0 Å². The Morgan fingerprint density at radius 3 is 2.95 bits per heavy atom. The molecule has 1 aliphatic heterocycles. The van der Waals surface area contributed by atoms with Crippen molar-refractivity contribution in [3.8, 4) is 0 Å². The van der Waals surface area contributed by atoms with Gasteiger partial charge in [-0.2, -0.15) is 5.10 Å². The van der Waals surface area contributed by atoms with Gasteiger partial charge in [0.25, 0.3) is 0 Å². The van der Waals surface area contributed by atoms with Gasteiger partial charge >= 0.3 is 0 Å². The van der Waals surface area contributed by atoms with Gasteiger partial charge in [0.05, 0.1) is 11.6 Å². The number of aromatic nitrogens is 2. The Balaban J connectivity index is 2.04. The Labute approximate surface area is 115 Å². The molecule has 0 aliphatic carbocycles. The van der Waals surface area contributed by atoms with E-state index in [0.29, 0.717) is 6.54 Å². The summed E-state index contributed by atoms with van der Waals surface area (Å²) in [6.07, 6.45) is 6.76. The molecular weight excluding hydrogens is 240 g/mol. The summed E-state index contributed by atoms with van der Waals surface area (Å²) in [4.78, 5) is 14.6. The van der Waals surface area contributed by atoms with Crippen LogP contribution in [0.15, 0.2) is 12.4 Å². The van der Waals surface area contributed by atoms with Gasteiger partial charge in [-0.3, -0.25) is 9.48 Å². The van der Waals surface area contributed by atoms with Crippen LogP contribution in [-0.4, -0.2) is 40.7 Å². The van der Waals surface area contributed by atoms with Gasteiger partial charge in [0.15, 0.2) is 0 Å². The second-order valence-electron chi connectivity index (χ2n) is 5.64. The highest BCUT2D eigenvalue weighted by Crippen LogP contribution is 2.33. The number of hydrogen-bond acceptors (Lipinski definition) is 3. The molecule has 106 valence electrons. The molecule has 1 amide bonds. The fraction of sp³-hybridized carbons (Fsp3) is 0.714. The van der Waals surface area contributed by atoms with Gasteiger partial charge in [-0.05, 0) is 19.4 Å². The van der Waals surface area contributed by atoms with E-state index >= 15 is 0 Å². The molecule has 1 aromatic heterocycles. The van der Waals surface area contributed by atoms with Crippen molar-refractivity contribution in [2.45, 2.75) is 32.7 Å². The molecule has 1 unspecified atom stereocenters. The number of nitrogens with zero attached hydrogens (tertiary/aromatic N) is 3. The van der Waals surface area contributed by atoms with Crippen LogP contribution in [0.1, 0.15) is 31.7 Å². The average Bonchev–Trinajstić information content (AvgIpc) is 2.99. The van der Waals surface area contributed by atoms with Crippen molar-refractivity contribution in [3.05, 3.63) is 18.0 Å². The molecular formula is C14H24N4O. The molecule has 0 spiro atoms. The predicted octanol–water partition coefficient (Wildman–Crippen LogP) is 1.16. The summed E-state index contributed by atoms with van der Waals surface area (Å²) >= 11 is 0. The minimum Gasteiger partial charge on any atom is -0.341 e. The van der Waals surface area contributed by atoms with Crippen molar-refractivity contribution in [3.63, 3.8) is 0 Å². The molecule has 5 heteroatoms. The van der Waals surface area contributed by atoms with Crippen molar-refractivity contribution in [1.29, 1.82) is 0 Å². The van der Waals surface area contributed by atoms with E-state index in [2.05, 4.69) is 17.3 Å². The largest absolute Gasteiger partial charge is 0.341 e. The summed E-state index contributed by atoms with van der Waals surface area (Å²) in [5.41, 5.74) is 0.891.